The molecule has 114 valence electrons. The Morgan fingerprint density at radius 2 is 1.85 bits per heavy atom. The van der Waals surface area contributed by atoms with Crippen molar-refractivity contribution in [3.63, 3.8) is 0 Å². The lowest BCUT2D eigenvalue weighted by molar-refractivity contribution is 0.0496. The predicted octanol–water partition coefficient (Wildman–Crippen LogP) is 4.63. The fraction of sp³-hybridized carbons (Fsp3) is 0.667. The van der Waals surface area contributed by atoms with Crippen LogP contribution in [-0.2, 0) is 4.74 Å². The van der Waals surface area contributed by atoms with Crippen LogP contribution in [0.15, 0.2) is 24.3 Å². The minimum Gasteiger partial charge on any atom is -0.372 e. The third kappa shape index (κ3) is 6.53. The first-order chi connectivity index (χ1) is 9.79. The highest BCUT2D eigenvalue weighted by atomic mass is 16.5. The van der Waals surface area contributed by atoms with E-state index in [4.69, 9.17) is 4.74 Å². The second kappa shape index (κ2) is 10.9. The van der Waals surface area contributed by atoms with Gasteiger partial charge in [0.1, 0.15) is 0 Å². The molecule has 2 nitrogen and oxygen atoms in total. The van der Waals surface area contributed by atoms with Crippen LogP contribution in [-0.4, -0.2) is 19.7 Å². The second-order valence-electron chi connectivity index (χ2n) is 5.48. The Kier molecular flexibility index (Phi) is 9.35. The number of ether oxygens (including phenoxy) is 1. The summed E-state index contributed by atoms with van der Waals surface area (Å²) in [4.78, 5) is 0. The molecule has 0 bridgehead atoms. The average Bonchev–Trinajstić information content (AvgIpc) is 2.46. The van der Waals surface area contributed by atoms with Crippen molar-refractivity contribution in [3.05, 3.63) is 35.4 Å². The van der Waals surface area contributed by atoms with Crippen molar-refractivity contribution in [1.29, 1.82) is 0 Å². The molecule has 0 fully saturated rings. The molecular formula is C18H31NO. The van der Waals surface area contributed by atoms with E-state index in [1.165, 1.54) is 36.8 Å². The molecule has 0 heterocycles. The Bertz CT molecular complexity index is 351. The van der Waals surface area contributed by atoms with Crippen LogP contribution < -0.4 is 5.32 Å². The summed E-state index contributed by atoms with van der Waals surface area (Å²) in [5.41, 5.74) is 2.65. The molecule has 2 heteroatoms. The minimum atomic E-state index is 0.185. The van der Waals surface area contributed by atoms with Crippen LogP contribution >= 0.6 is 0 Å². The summed E-state index contributed by atoms with van der Waals surface area (Å²) in [6.45, 7) is 9.44. The van der Waals surface area contributed by atoms with Gasteiger partial charge < -0.3 is 10.1 Å². The normalized spacial score (nSPS) is 12.6. The van der Waals surface area contributed by atoms with E-state index in [1.54, 1.807) is 0 Å². The predicted molar refractivity (Wildman–Crippen MR) is 87.2 cm³/mol. The van der Waals surface area contributed by atoms with Crippen molar-refractivity contribution >= 4 is 0 Å². The number of rotatable bonds is 11. The van der Waals surface area contributed by atoms with E-state index >= 15 is 0 Å². The first-order valence-electron chi connectivity index (χ1n) is 8.17. The first-order valence-corrected chi connectivity index (χ1v) is 8.17. The standard InChI is InChI=1S/C18H31NO/c1-4-6-7-10-14-20-18(15-19-13-5-2)17-12-9-8-11-16(17)3/h8-9,11-12,18-19H,4-7,10,13-15H2,1-3H3. The van der Waals surface area contributed by atoms with E-state index in [-0.39, 0.29) is 6.10 Å². The van der Waals surface area contributed by atoms with Crippen molar-refractivity contribution in [2.24, 2.45) is 0 Å². The zero-order chi connectivity index (χ0) is 14.6. The van der Waals surface area contributed by atoms with Crippen molar-refractivity contribution < 1.29 is 4.74 Å². The summed E-state index contributed by atoms with van der Waals surface area (Å²) in [7, 11) is 0. The van der Waals surface area contributed by atoms with E-state index in [9.17, 15) is 0 Å². The van der Waals surface area contributed by atoms with Crippen LogP contribution in [0.3, 0.4) is 0 Å². The largest absolute Gasteiger partial charge is 0.372 e. The van der Waals surface area contributed by atoms with Gasteiger partial charge in [0.25, 0.3) is 0 Å². The van der Waals surface area contributed by atoms with Crippen LogP contribution in [0.4, 0.5) is 0 Å². The van der Waals surface area contributed by atoms with Crippen molar-refractivity contribution in [2.45, 2.75) is 59.0 Å². The highest BCUT2D eigenvalue weighted by molar-refractivity contribution is 5.28. The molecule has 0 aromatic heterocycles. The van der Waals surface area contributed by atoms with Gasteiger partial charge in [0.05, 0.1) is 6.10 Å². The molecule has 0 spiro atoms. The Balaban J connectivity index is 2.49. The molecule has 0 saturated heterocycles. The van der Waals surface area contributed by atoms with E-state index in [1.807, 2.05) is 0 Å². The Hall–Kier alpha value is -0.860. The Labute approximate surface area is 124 Å². The van der Waals surface area contributed by atoms with Crippen LogP contribution in [0.2, 0.25) is 0 Å². The molecule has 0 aliphatic heterocycles. The van der Waals surface area contributed by atoms with Gasteiger partial charge in [0.2, 0.25) is 0 Å². The lowest BCUT2D eigenvalue weighted by Gasteiger charge is -2.21. The SMILES string of the molecule is CCCCCCOC(CNCCC)c1ccccc1C. The molecule has 0 radical (unpaired) electrons. The smallest absolute Gasteiger partial charge is 0.0951 e. The molecule has 1 aromatic rings. The third-order valence-corrected chi connectivity index (χ3v) is 3.61. The molecule has 1 N–H and O–H groups in total. The summed E-state index contributed by atoms with van der Waals surface area (Å²) < 4.78 is 6.14. The van der Waals surface area contributed by atoms with Crippen LogP contribution in [0.25, 0.3) is 0 Å². The molecule has 20 heavy (non-hydrogen) atoms. The number of hydrogen-bond donors (Lipinski definition) is 1. The lowest BCUT2D eigenvalue weighted by Crippen LogP contribution is -2.25. The van der Waals surface area contributed by atoms with Gasteiger partial charge in [-0.1, -0.05) is 57.4 Å². The van der Waals surface area contributed by atoms with E-state index in [2.05, 4.69) is 50.4 Å². The highest BCUT2D eigenvalue weighted by Gasteiger charge is 2.13. The molecule has 0 amide bonds. The summed E-state index contributed by atoms with van der Waals surface area (Å²) >= 11 is 0. The second-order valence-corrected chi connectivity index (χ2v) is 5.48. The van der Waals surface area contributed by atoms with Gasteiger partial charge in [-0.3, -0.25) is 0 Å². The van der Waals surface area contributed by atoms with Gasteiger partial charge in [-0.05, 0) is 37.4 Å². The van der Waals surface area contributed by atoms with Gasteiger partial charge in [-0.25, -0.2) is 0 Å². The molecule has 1 unspecified atom stereocenters. The Morgan fingerprint density at radius 3 is 2.55 bits per heavy atom. The number of unbranched alkanes of at least 4 members (excludes halogenated alkanes) is 3. The maximum Gasteiger partial charge on any atom is 0.0951 e. The summed E-state index contributed by atoms with van der Waals surface area (Å²) in [6.07, 6.45) is 6.39. The fourth-order valence-electron chi connectivity index (χ4n) is 2.37. The first kappa shape index (κ1) is 17.2. The van der Waals surface area contributed by atoms with Gasteiger partial charge in [0, 0.05) is 13.2 Å². The van der Waals surface area contributed by atoms with E-state index < -0.39 is 0 Å². The zero-order valence-electron chi connectivity index (χ0n) is 13.5. The van der Waals surface area contributed by atoms with Crippen molar-refractivity contribution in [1.82, 2.24) is 5.32 Å². The quantitative estimate of drug-likeness (QED) is 0.595. The van der Waals surface area contributed by atoms with Crippen LogP contribution in [0.1, 0.15) is 63.2 Å². The van der Waals surface area contributed by atoms with Gasteiger partial charge in [0.15, 0.2) is 0 Å². The molecule has 0 aliphatic rings. The highest BCUT2D eigenvalue weighted by Crippen LogP contribution is 2.21. The number of nitrogens with one attached hydrogen (secondary N) is 1. The monoisotopic (exact) mass is 277 g/mol. The molecule has 1 atom stereocenters. The Morgan fingerprint density at radius 1 is 1.05 bits per heavy atom. The summed E-state index contributed by atoms with van der Waals surface area (Å²) in [5.74, 6) is 0. The molecule has 0 aliphatic carbocycles. The topological polar surface area (TPSA) is 21.3 Å². The molecular weight excluding hydrogens is 246 g/mol. The summed E-state index contributed by atoms with van der Waals surface area (Å²) in [5, 5.41) is 3.49. The van der Waals surface area contributed by atoms with Crippen LogP contribution in [0.5, 0.6) is 0 Å². The molecule has 1 aromatic carbocycles. The van der Waals surface area contributed by atoms with Gasteiger partial charge >= 0.3 is 0 Å². The number of aryl methyl sites for hydroxylation is 1. The third-order valence-electron chi connectivity index (χ3n) is 3.61. The molecule has 0 saturated carbocycles. The maximum atomic E-state index is 6.14. The van der Waals surface area contributed by atoms with Gasteiger partial charge in [-0.15, -0.1) is 0 Å². The van der Waals surface area contributed by atoms with Crippen LogP contribution in [0, 0.1) is 6.92 Å². The zero-order valence-corrected chi connectivity index (χ0v) is 13.5. The average molecular weight is 277 g/mol. The molecule has 1 rings (SSSR count). The fourth-order valence-corrected chi connectivity index (χ4v) is 2.37. The van der Waals surface area contributed by atoms with E-state index in [0.29, 0.717) is 0 Å². The number of benzene rings is 1. The lowest BCUT2D eigenvalue weighted by atomic mass is 10.0. The minimum absolute atomic E-state index is 0.185. The van der Waals surface area contributed by atoms with Gasteiger partial charge in [-0.2, -0.15) is 0 Å². The van der Waals surface area contributed by atoms with Crippen molar-refractivity contribution in [2.75, 3.05) is 19.7 Å². The van der Waals surface area contributed by atoms with E-state index in [0.717, 1.165) is 26.1 Å². The maximum absolute atomic E-state index is 6.14. The number of hydrogen-bond acceptors (Lipinski definition) is 2. The van der Waals surface area contributed by atoms with Crippen molar-refractivity contribution in [3.8, 4) is 0 Å². The summed E-state index contributed by atoms with van der Waals surface area (Å²) in [6, 6.07) is 8.56.